The number of benzene rings is 2. The molecule has 2 heterocycles. The lowest BCUT2D eigenvalue weighted by molar-refractivity contribution is 0.393. The first-order valence-electron chi connectivity index (χ1n) is 10.3. The van der Waals surface area contributed by atoms with E-state index in [-0.39, 0.29) is 5.41 Å². The van der Waals surface area contributed by atoms with Crippen molar-refractivity contribution in [2.24, 2.45) is 7.05 Å². The lowest BCUT2D eigenvalue weighted by atomic mass is 9.84. The number of fused-ring (bicyclic) bond motifs is 1. The summed E-state index contributed by atoms with van der Waals surface area (Å²) in [5.41, 5.74) is 3.95. The van der Waals surface area contributed by atoms with Crippen molar-refractivity contribution in [2.75, 3.05) is 7.11 Å². The second kappa shape index (κ2) is 7.61. The van der Waals surface area contributed by atoms with Gasteiger partial charge in [-0.3, -0.25) is 14.3 Å². The number of aromatic amines is 1. The summed E-state index contributed by atoms with van der Waals surface area (Å²) in [6.07, 6.45) is 4.30. The number of hydrogen-bond donors (Lipinski definition) is 1. The van der Waals surface area contributed by atoms with Gasteiger partial charge in [-0.2, -0.15) is 0 Å². The number of aryl methyl sites for hydroxylation is 1. The van der Waals surface area contributed by atoms with Crippen molar-refractivity contribution in [2.45, 2.75) is 32.6 Å². The Morgan fingerprint density at radius 1 is 1.03 bits per heavy atom. The third-order valence-electron chi connectivity index (χ3n) is 5.63. The molecule has 4 aromatic rings. The van der Waals surface area contributed by atoms with Crippen molar-refractivity contribution in [3.63, 3.8) is 0 Å². The molecular weight excluding hydrogens is 390 g/mol. The van der Waals surface area contributed by atoms with E-state index in [4.69, 9.17) is 4.74 Å². The second-order valence-electron chi connectivity index (χ2n) is 8.88. The quantitative estimate of drug-likeness (QED) is 0.547. The largest absolute Gasteiger partial charge is 0.496 e. The summed E-state index contributed by atoms with van der Waals surface area (Å²) < 4.78 is 9.47. The maximum atomic E-state index is 12.5. The Bertz CT molecular complexity index is 1380. The number of para-hydroxylation sites is 1. The van der Waals surface area contributed by atoms with E-state index in [1.807, 2.05) is 31.3 Å². The molecule has 0 aliphatic carbocycles. The van der Waals surface area contributed by atoms with Gasteiger partial charge in [-0.25, -0.2) is 4.79 Å². The first kappa shape index (κ1) is 20.7. The Hall–Kier alpha value is -3.54. The van der Waals surface area contributed by atoms with E-state index in [1.54, 1.807) is 7.11 Å². The van der Waals surface area contributed by atoms with Crippen LogP contribution in [0, 0.1) is 0 Å². The van der Waals surface area contributed by atoms with E-state index in [2.05, 4.69) is 48.7 Å². The fourth-order valence-electron chi connectivity index (χ4n) is 4.13. The van der Waals surface area contributed by atoms with Crippen LogP contribution >= 0.6 is 0 Å². The molecule has 0 radical (unpaired) electrons. The molecule has 0 bridgehead atoms. The van der Waals surface area contributed by atoms with Gasteiger partial charge < -0.3 is 9.30 Å². The van der Waals surface area contributed by atoms with Gasteiger partial charge in [0.15, 0.2) is 0 Å². The highest BCUT2D eigenvalue weighted by Crippen LogP contribution is 2.38. The Morgan fingerprint density at radius 2 is 1.77 bits per heavy atom. The highest BCUT2D eigenvalue weighted by Gasteiger charge is 2.24. The molecule has 0 aliphatic heterocycles. The highest BCUT2D eigenvalue weighted by atomic mass is 16.5. The van der Waals surface area contributed by atoms with Crippen molar-refractivity contribution in [1.82, 2.24) is 14.1 Å². The molecule has 31 heavy (non-hydrogen) atoms. The van der Waals surface area contributed by atoms with Crippen LogP contribution in [-0.2, 0) is 18.9 Å². The van der Waals surface area contributed by atoms with Crippen molar-refractivity contribution in [3.05, 3.63) is 92.4 Å². The molecule has 2 aromatic heterocycles. The molecule has 0 spiro atoms. The summed E-state index contributed by atoms with van der Waals surface area (Å²) in [4.78, 5) is 26.4. The zero-order chi connectivity index (χ0) is 22.3. The molecule has 0 unspecified atom stereocenters. The number of aromatic nitrogens is 3. The molecule has 0 fully saturated rings. The first-order valence-corrected chi connectivity index (χ1v) is 10.3. The van der Waals surface area contributed by atoms with E-state index in [0.29, 0.717) is 12.1 Å². The third-order valence-corrected chi connectivity index (χ3v) is 5.63. The van der Waals surface area contributed by atoms with E-state index >= 15 is 0 Å². The molecular formula is C25H27N3O3. The average molecular weight is 418 g/mol. The topological polar surface area (TPSA) is 69.0 Å². The normalized spacial score (nSPS) is 11.8. The number of hydrogen-bond acceptors (Lipinski definition) is 3. The van der Waals surface area contributed by atoms with Gasteiger partial charge in [0.1, 0.15) is 5.75 Å². The minimum Gasteiger partial charge on any atom is -0.496 e. The minimum absolute atomic E-state index is 0.208. The summed E-state index contributed by atoms with van der Waals surface area (Å²) in [7, 11) is 3.73. The van der Waals surface area contributed by atoms with Crippen molar-refractivity contribution in [1.29, 1.82) is 0 Å². The maximum absolute atomic E-state index is 12.5. The zero-order valence-electron chi connectivity index (χ0n) is 18.5. The van der Waals surface area contributed by atoms with Crippen LogP contribution in [0.3, 0.4) is 0 Å². The lowest BCUT2D eigenvalue weighted by Crippen LogP contribution is -2.28. The summed E-state index contributed by atoms with van der Waals surface area (Å²) in [5.74, 6) is 0.821. The molecule has 0 saturated carbocycles. The van der Waals surface area contributed by atoms with Gasteiger partial charge in [0.2, 0.25) is 0 Å². The molecule has 0 saturated heterocycles. The first-order chi connectivity index (χ1) is 14.7. The molecule has 160 valence electrons. The van der Waals surface area contributed by atoms with Crippen molar-refractivity contribution in [3.8, 4) is 11.4 Å². The van der Waals surface area contributed by atoms with Crippen LogP contribution < -0.4 is 16.0 Å². The fourth-order valence-corrected chi connectivity index (χ4v) is 4.13. The Balaban J connectivity index is 1.95. The number of nitrogens with zero attached hydrogens (tertiary/aromatic N) is 2. The van der Waals surface area contributed by atoms with Crippen molar-refractivity contribution < 1.29 is 4.74 Å². The van der Waals surface area contributed by atoms with Gasteiger partial charge in [0.05, 0.1) is 12.8 Å². The number of rotatable bonds is 4. The van der Waals surface area contributed by atoms with E-state index in [1.165, 1.54) is 33.3 Å². The highest BCUT2D eigenvalue weighted by molar-refractivity contribution is 5.84. The fraction of sp³-hybridized carbons (Fsp3) is 0.280. The number of nitrogens with one attached hydrogen (secondary N) is 1. The van der Waals surface area contributed by atoms with Gasteiger partial charge in [-0.05, 0) is 29.2 Å². The standard InChI is InChI=1S/C25H27N3O3/c1-25(2,3)20-14-18(28-11-10-22(29)26-24(28)30)13-16(23(20)31-5)12-17-15-27(4)21-9-7-6-8-19(17)21/h6-11,13-15H,12H2,1-5H3,(H,26,29,30). The summed E-state index contributed by atoms with van der Waals surface area (Å²) in [6.45, 7) is 6.35. The van der Waals surface area contributed by atoms with E-state index in [9.17, 15) is 9.59 Å². The van der Waals surface area contributed by atoms with Crippen LogP contribution in [0.5, 0.6) is 5.75 Å². The number of methoxy groups -OCH3 is 1. The van der Waals surface area contributed by atoms with Gasteiger partial charge in [0.25, 0.3) is 5.56 Å². The van der Waals surface area contributed by atoms with Crippen LogP contribution in [0.2, 0.25) is 0 Å². The summed E-state index contributed by atoms with van der Waals surface area (Å²) >= 11 is 0. The van der Waals surface area contributed by atoms with Gasteiger partial charge in [-0.15, -0.1) is 0 Å². The van der Waals surface area contributed by atoms with E-state index < -0.39 is 11.2 Å². The second-order valence-corrected chi connectivity index (χ2v) is 8.88. The van der Waals surface area contributed by atoms with E-state index in [0.717, 1.165) is 16.9 Å². The molecule has 0 amide bonds. The third kappa shape index (κ3) is 3.81. The Morgan fingerprint density at radius 3 is 2.45 bits per heavy atom. The molecule has 1 N–H and O–H groups in total. The van der Waals surface area contributed by atoms with Crippen LogP contribution in [0.25, 0.3) is 16.6 Å². The average Bonchev–Trinajstić information content (AvgIpc) is 3.02. The monoisotopic (exact) mass is 417 g/mol. The maximum Gasteiger partial charge on any atom is 0.332 e. The van der Waals surface area contributed by atoms with Crippen LogP contribution in [0.15, 0.2) is 64.4 Å². The molecule has 6 heteroatoms. The minimum atomic E-state index is -0.464. The lowest BCUT2D eigenvalue weighted by Gasteiger charge is -2.25. The van der Waals surface area contributed by atoms with Crippen LogP contribution in [-0.4, -0.2) is 21.2 Å². The van der Waals surface area contributed by atoms with Crippen LogP contribution in [0.4, 0.5) is 0 Å². The zero-order valence-corrected chi connectivity index (χ0v) is 18.5. The number of ether oxygens (including phenoxy) is 1. The molecule has 4 rings (SSSR count). The Labute approximate surface area is 180 Å². The molecule has 2 aromatic carbocycles. The summed E-state index contributed by atoms with van der Waals surface area (Å²) in [5, 5.41) is 1.19. The molecule has 0 atom stereocenters. The van der Waals surface area contributed by atoms with Gasteiger partial charge >= 0.3 is 5.69 Å². The van der Waals surface area contributed by atoms with Gasteiger partial charge in [-0.1, -0.05) is 39.0 Å². The smallest absolute Gasteiger partial charge is 0.332 e. The number of H-pyrrole nitrogens is 1. The van der Waals surface area contributed by atoms with Gasteiger partial charge in [0, 0.05) is 54.0 Å². The predicted octanol–water partition coefficient (Wildman–Crippen LogP) is 3.91. The SMILES string of the molecule is COc1c(Cc2cn(C)c3ccccc23)cc(-n2ccc(=O)[nH]c2=O)cc1C(C)(C)C. The van der Waals surface area contributed by atoms with Crippen molar-refractivity contribution >= 4 is 10.9 Å². The molecule has 0 aliphatic rings. The predicted molar refractivity (Wildman–Crippen MR) is 124 cm³/mol. The summed E-state index contributed by atoms with van der Waals surface area (Å²) in [6, 6.07) is 13.6. The van der Waals surface area contributed by atoms with Crippen LogP contribution in [0.1, 0.15) is 37.5 Å². The Kier molecular flexibility index (Phi) is 5.09. The molecule has 6 nitrogen and oxygen atoms in total.